The van der Waals surface area contributed by atoms with Gasteiger partial charge in [0.25, 0.3) is 5.91 Å². The predicted molar refractivity (Wildman–Crippen MR) is 81.1 cm³/mol. The maximum Gasteiger partial charge on any atom is 0.273 e. The number of aromatic nitrogens is 1. The van der Waals surface area contributed by atoms with Crippen LogP contribution in [0, 0.1) is 5.92 Å². The van der Waals surface area contributed by atoms with Crippen LogP contribution in [0.25, 0.3) is 0 Å². The van der Waals surface area contributed by atoms with Gasteiger partial charge in [0.1, 0.15) is 5.69 Å². The number of thiazole rings is 1. The third-order valence-corrected chi connectivity index (χ3v) is 5.10. The highest BCUT2D eigenvalue weighted by Gasteiger charge is 2.26. The van der Waals surface area contributed by atoms with Crippen LogP contribution in [0.15, 0.2) is 5.38 Å². The number of nitrogens with zero attached hydrogens (tertiary/aromatic N) is 2. The number of amides is 1. The number of carbonyl (C=O) groups is 1. The summed E-state index contributed by atoms with van der Waals surface area (Å²) in [4.78, 5) is 18.5. The number of hydrogen-bond donors (Lipinski definition) is 1. The Morgan fingerprint density at radius 1 is 1.50 bits per heavy atom. The molecule has 0 radical (unpaired) electrons. The highest BCUT2D eigenvalue weighted by Crippen LogP contribution is 2.25. The van der Waals surface area contributed by atoms with Crippen molar-refractivity contribution in [2.75, 3.05) is 13.6 Å². The second kappa shape index (κ2) is 6.68. The molecule has 0 saturated heterocycles. The molecule has 4 nitrogen and oxygen atoms in total. The second-order valence-electron chi connectivity index (χ2n) is 6.02. The van der Waals surface area contributed by atoms with Gasteiger partial charge in [-0.3, -0.25) is 4.79 Å². The van der Waals surface area contributed by atoms with Gasteiger partial charge in [-0.1, -0.05) is 26.7 Å². The fourth-order valence-corrected chi connectivity index (χ4v) is 3.49. The highest BCUT2D eigenvalue weighted by atomic mass is 32.1. The van der Waals surface area contributed by atoms with E-state index in [0.29, 0.717) is 18.2 Å². The van der Waals surface area contributed by atoms with Gasteiger partial charge in [-0.05, 0) is 12.8 Å². The van der Waals surface area contributed by atoms with E-state index in [1.807, 2.05) is 5.38 Å². The van der Waals surface area contributed by atoms with Gasteiger partial charge in [0, 0.05) is 30.8 Å². The fourth-order valence-electron chi connectivity index (χ4n) is 2.68. The van der Waals surface area contributed by atoms with E-state index < -0.39 is 0 Å². The van der Waals surface area contributed by atoms with Crippen molar-refractivity contribution in [3.05, 3.63) is 16.1 Å². The maximum atomic E-state index is 12.3. The van der Waals surface area contributed by atoms with E-state index in [-0.39, 0.29) is 17.9 Å². The number of aliphatic hydroxyl groups excluding tert-OH is 1. The van der Waals surface area contributed by atoms with Gasteiger partial charge in [0.05, 0.1) is 11.1 Å². The van der Waals surface area contributed by atoms with Crippen LogP contribution in [0.3, 0.4) is 0 Å². The zero-order valence-electron chi connectivity index (χ0n) is 12.5. The van der Waals surface area contributed by atoms with Gasteiger partial charge < -0.3 is 10.0 Å². The predicted octanol–water partition coefficient (Wildman–Crippen LogP) is 2.89. The minimum Gasteiger partial charge on any atom is -0.393 e. The molecule has 1 fully saturated rings. The van der Waals surface area contributed by atoms with Crippen molar-refractivity contribution < 1.29 is 9.90 Å². The van der Waals surface area contributed by atoms with Crippen molar-refractivity contribution >= 4 is 17.2 Å². The van der Waals surface area contributed by atoms with Gasteiger partial charge in [-0.2, -0.15) is 0 Å². The van der Waals surface area contributed by atoms with E-state index in [4.69, 9.17) is 0 Å². The largest absolute Gasteiger partial charge is 0.393 e. The first-order valence-corrected chi connectivity index (χ1v) is 8.26. The molecule has 0 bridgehead atoms. The molecule has 0 spiro atoms. The van der Waals surface area contributed by atoms with E-state index in [1.165, 1.54) is 0 Å². The lowest BCUT2D eigenvalue weighted by Crippen LogP contribution is -2.38. The second-order valence-corrected chi connectivity index (χ2v) is 6.91. The molecule has 1 aromatic rings. The third-order valence-electron chi connectivity index (χ3n) is 3.96. The summed E-state index contributed by atoms with van der Waals surface area (Å²) in [7, 11) is 1.80. The van der Waals surface area contributed by atoms with E-state index in [0.717, 1.165) is 30.7 Å². The lowest BCUT2D eigenvalue weighted by atomic mass is 9.86. The highest BCUT2D eigenvalue weighted by molar-refractivity contribution is 7.09. The normalized spacial score (nSPS) is 23.1. The lowest BCUT2D eigenvalue weighted by Gasteiger charge is -2.30. The molecule has 5 heteroatoms. The first-order valence-electron chi connectivity index (χ1n) is 7.38. The number of carbonyl (C=O) groups excluding carboxylic acids is 1. The Balaban J connectivity index is 1.97. The quantitative estimate of drug-likeness (QED) is 0.929. The summed E-state index contributed by atoms with van der Waals surface area (Å²) in [5.74, 6) is 0.527. The number of rotatable bonds is 4. The Bertz CT molecular complexity index is 458. The molecule has 1 saturated carbocycles. The minimum atomic E-state index is -0.263. The first-order chi connectivity index (χ1) is 9.49. The molecular weight excluding hydrogens is 272 g/mol. The van der Waals surface area contributed by atoms with Crippen LogP contribution in [-0.4, -0.2) is 40.6 Å². The topological polar surface area (TPSA) is 53.4 Å². The smallest absolute Gasteiger partial charge is 0.273 e. The van der Waals surface area contributed by atoms with Gasteiger partial charge in [0.15, 0.2) is 0 Å². The molecule has 2 atom stereocenters. The maximum absolute atomic E-state index is 12.3. The van der Waals surface area contributed by atoms with Crippen LogP contribution in [0.5, 0.6) is 0 Å². The van der Waals surface area contributed by atoms with Crippen LogP contribution in [-0.2, 0) is 0 Å². The summed E-state index contributed by atoms with van der Waals surface area (Å²) in [5.41, 5.74) is 0.534. The standard InChI is InChI=1S/C15H24N2O2S/c1-10(2)14-16-12(9-20-14)15(19)17(3)8-11-6-4-5-7-13(11)18/h9-11,13,18H,4-8H2,1-3H3. The van der Waals surface area contributed by atoms with E-state index in [9.17, 15) is 9.90 Å². The fraction of sp³-hybridized carbons (Fsp3) is 0.733. The molecule has 1 aromatic heterocycles. The van der Waals surface area contributed by atoms with Gasteiger partial charge in [-0.15, -0.1) is 11.3 Å². The minimum absolute atomic E-state index is 0.0362. The van der Waals surface area contributed by atoms with Crippen molar-refractivity contribution in [3.8, 4) is 0 Å². The van der Waals surface area contributed by atoms with Crippen molar-refractivity contribution in [2.24, 2.45) is 5.92 Å². The summed E-state index contributed by atoms with van der Waals surface area (Å²) in [5, 5.41) is 12.8. The first kappa shape index (κ1) is 15.4. The molecule has 1 aliphatic carbocycles. The zero-order chi connectivity index (χ0) is 14.7. The molecule has 1 N–H and O–H groups in total. The van der Waals surface area contributed by atoms with Crippen molar-refractivity contribution in [1.82, 2.24) is 9.88 Å². The van der Waals surface area contributed by atoms with Crippen molar-refractivity contribution in [1.29, 1.82) is 0 Å². The third kappa shape index (κ3) is 3.58. The molecule has 0 aliphatic heterocycles. The zero-order valence-corrected chi connectivity index (χ0v) is 13.3. The van der Waals surface area contributed by atoms with E-state index in [2.05, 4.69) is 18.8 Å². The Labute approximate surface area is 124 Å². The lowest BCUT2D eigenvalue weighted by molar-refractivity contribution is 0.0449. The molecule has 2 rings (SSSR count). The summed E-state index contributed by atoms with van der Waals surface area (Å²) in [6.07, 6.45) is 3.85. The molecular formula is C15H24N2O2S. The van der Waals surface area contributed by atoms with Gasteiger partial charge in [0.2, 0.25) is 0 Å². The molecule has 1 heterocycles. The van der Waals surface area contributed by atoms with E-state index >= 15 is 0 Å². The molecule has 1 aliphatic rings. The summed E-state index contributed by atoms with van der Waals surface area (Å²) in [6, 6.07) is 0. The van der Waals surface area contributed by atoms with Crippen LogP contribution in [0.1, 0.15) is 60.9 Å². The van der Waals surface area contributed by atoms with E-state index in [1.54, 1.807) is 23.3 Å². The summed E-state index contributed by atoms with van der Waals surface area (Å²) < 4.78 is 0. The Kier molecular flexibility index (Phi) is 5.16. The summed E-state index contributed by atoms with van der Waals surface area (Å²) >= 11 is 1.54. The van der Waals surface area contributed by atoms with Gasteiger partial charge >= 0.3 is 0 Å². The molecule has 112 valence electrons. The molecule has 0 aromatic carbocycles. The van der Waals surface area contributed by atoms with Crippen LogP contribution in [0.2, 0.25) is 0 Å². The average molecular weight is 296 g/mol. The van der Waals surface area contributed by atoms with Crippen LogP contribution in [0.4, 0.5) is 0 Å². The molecule has 1 amide bonds. The van der Waals surface area contributed by atoms with Crippen molar-refractivity contribution in [3.63, 3.8) is 0 Å². The number of hydrogen-bond acceptors (Lipinski definition) is 4. The molecule has 2 unspecified atom stereocenters. The van der Waals surface area contributed by atoms with Crippen molar-refractivity contribution in [2.45, 2.75) is 51.6 Å². The Hall–Kier alpha value is -0.940. The van der Waals surface area contributed by atoms with Crippen LogP contribution >= 0.6 is 11.3 Å². The van der Waals surface area contributed by atoms with Gasteiger partial charge in [-0.25, -0.2) is 4.98 Å². The summed E-state index contributed by atoms with van der Waals surface area (Å²) in [6.45, 7) is 4.78. The molecule has 20 heavy (non-hydrogen) atoms. The monoisotopic (exact) mass is 296 g/mol. The van der Waals surface area contributed by atoms with Crippen LogP contribution < -0.4 is 0 Å². The SMILES string of the molecule is CC(C)c1nc(C(=O)N(C)CC2CCCCC2O)cs1. The average Bonchev–Trinajstić information content (AvgIpc) is 2.90. The Morgan fingerprint density at radius 3 is 2.80 bits per heavy atom. The Morgan fingerprint density at radius 2 is 2.20 bits per heavy atom. The number of aliphatic hydroxyl groups is 1.